The summed E-state index contributed by atoms with van der Waals surface area (Å²) in [5, 5.41) is 2.49. The first kappa shape index (κ1) is 41.3. The van der Waals surface area contributed by atoms with Crippen molar-refractivity contribution in [3.05, 3.63) is 225 Å². The maximum Gasteiger partial charge on any atom is 0.0465 e. The van der Waals surface area contributed by atoms with Gasteiger partial charge >= 0.3 is 0 Å². The Kier molecular flexibility index (Phi) is 15.1. The lowest BCUT2D eigenvalue weighted by molar-refractivity contribution is 1.25. The minimum atomic E-state index is 0.926. The van der Waals surface area contributed by atoms with Crippen LogP contribution in [0.1, 0.15) is 41.7 Å². The maximum atomic E-state index is 4.07. The Morgan fingerprint density at radius 3 is 1.49 bits per heavy atom. The van der Waals surface area contributed by atoms with E-state index in [0.717, 1.165) is 17.5 Å². The molecule has 0 aliphatic heterocycles. The third kappa shape index (κ3) is 9.57. The van der Waals surface area contributed by atoms with E-state index in [-0.39, 0.29) is 0 Å². The van der Waals surface area contributed by atoms with Crippen molar-refractivity contribution < 1.29 is 0 Å². The maximum absolute atomic E-state index is 4.07. The van der Waals surface area contributed by atoms with E-state index >= 15 is 0 Å². The Hall–Kier alpha value is -6.44. The SMILES string of the molecule is C=C.C=CC1=C(C=C)c2cc(-c3ccc4[nH]c5ccc(-c6ccc(C)c(-c7ccccc7C)c6)cc5c4c3)ccc2C1.C=CC=C.CC.Cc1ccccc1. The zero-order valence-corrected chi connectivity index (χ0v) is 33.4. The molecule has 0 bridgehead atoms. The van der Waals surface area contributed by atoms with Gasteiger partial charge in [0.25, 0.3) is 0 Å². The lowest BCUT2D eigenvalue weighted by atomic mass is 9.92. The van der Waals surface area contributed by atoms with Crippen molar-refractivity contribution in [2.24, 2.45) is 0 Å². The van der Waals surface area contributed by atoms with E-state index in [9.17, 15) is 0 Å². The van der Waals surface area contributed by atoms with E-state index in [4.69, 9.17) is 0 Å². The molecule has 1 N–H and O–H groups in total. The first-order valence-electron chi connectivity index (χ1n) is 18.9. The predicted octanol–water partition coefficient (Wildman–Crippen LogP) is 15.8. The van der Waals surface area contributed by atoms with Gasteiger partial charge in [0.05, 0.1) is 0 Å². The molecule has 1 aliphatic carbocycles. The standard InChI is InChI=1S/C39H31N.C7H8.C4H6.C2H6.C2H4/c1-5-26-19-31-14-13-28(21-35(31)32(26)6-2)30-16-18-39-37(23-30)36-22-29(15-17-38(36)40-39)27-12-11-25(4)34(20-27)33-10-8-7-9-24(33)3;1-7-5-3-2-4-6-7;1-3-4-2;2*1-2/h5-18,20-23,40H,1-2,19H2,3-4H3;2-6H,1H3;3-4H,1-2H2;1-2H3;1-2H2. The second kappa shape index (κ2) is 20.1. The molecule has 0 amide bonds. The predicted molar refractivity (Wildman–Crippen MR) is 247 cm³/mol. The van der Waals surface area contributed by atoms with Crippen LogP contribution in [0.3, 0.4) is 0 Å². The van der Waals surface area contributed by atoms with E-state index in [2.05, 4.69) is 174 Å². The van der Waals surface area contributed by atoms with Crippen molar-refractivity contribution in [2.75, 3.05) is 0 Å². The van der Waals surface area contributed by atoms with Crippen molar-refractivity contribution in [3.8, 4) is 33.4 Å². The van der Waals surface area contributed by atoms with Gasteiger partial charge < -0.3 is 4.98 Å². The van der Waals surface area contributed by atoms with Crippen LogP contribution in [-0.4, -0.2) is 4.98 Å². The van der Waals surface area contributed by atoms with Crippen LogP contribution in [0, 0.1) is 20.8 Å². The van der Waals surface area contributed by atoms with Gasteiger partial charge in [-0.1, -0.05) is 161 Å². The highest BCUT2D eigenvalue weighted by Gasteiger charge is 2.19. The fourth-order valence-corrected chi connectivity index (χ4v) is 6.82. The van der Waals surface area contributed by atoms with Gasteiger partial charge in [-0.25, -0.2) is 0 Å². The van der Waals surface area contributed by atoms with Crippen LogP contribution < -0.4 is 0 Å². The molecule has 1 aromatic heterocycles. The van der Waals surface area contributed by atoms with E-state index < -0.39 is 0 Å². The third-order valence-electron chi connectivity index (χ3n) is 9.62. The number of hydrogen-bond acceptors (Lipinski definition) is 0. The number of fused-ring (bicyclic) bond motifs is 4. The van der Waals surface area contributed by atoms with Crippen LogP contribution in [0.5, 0.6) is 0 Å². The molecule has 1 aliphatic rings. The molecule has 276 valence electrons. The molecule has 0 atom stereocenters. The first-order valence-corrected chi connectivity index (χ1v) is 18.9. The number of nitrogens with one attached hydrogen (secondary N) is 1. The number of hydrogen-bond donors (Lipinski definition) is 1. The molecular weight excluding hydrogens is 663 g/mol. The molecule has 0 saturated carbocycles. The lowest BCUT2D eigenvalue weighted by Crippen LogP contribution is -1.88. The van der Waals surface area contributed by atoms with Gasteiger partial charge in [0.1, 0.15) is 0 Å². The van der Waals surface area contributed by atoms with Crippen molar-refractivity contribution in [3.63, 3.8) is 0 Å². The average molecular weight is 718 g/mol. The van der Waals surface area contributed by atoms with Crippen LogP contribution in [0.2, 0.25) is 0 Å². The fraction of sp³-hybridized carbons (Fsp3) is 0.111. The normalized spacial score (nSPS) is 10.9. The molecule has 6 aromatic carbocycles. The smallest absolute Gasteiger partial charge is 0.0465 e. The second-order valence-corrected chi connectivity index (χ2v) is 13.0. The molecule has 55 heavy (non-hydrogen) atoms. The van der Waals surface area contributed by atoms with Crippen LogP contribution in [0.25, 0.3) is 60.8 Å². The van der Waals surface area contributed by atoms with E-state index in [1.54, 1.807) is 12.2 Å². The quantitative estimate of drug-likeness (QED) is 0.130. The number of aryl methyl sites for hydroxylation is 3. The monoisotopic (exact) mass is 717 g/mol. The van der Waals surface area contributed by atoms with Gasteiger partial charge in [-0.2, -0.15) is 0 Å². The molecule has 0 spiro atoms. The zero-order chi connectivity index (χ0) is 39.9. The Morgan fingerprint density at radius 2 is 0.982 bits per heavy atom. The molecule has 1 nitrogen and oxygen atoms in total. The minimum Gasteiger partial charge on any atom is -0.355 e. The highest BCUT2D eigenvalue weighted by molar-refractivity contribution is 6.10. The summed E-state index contributed by atoms with van der Waals surface area (Å²) in [4.78, 5) is 3.63. The number of aromatic amines is 1. The number of allylic oxidation sites excluding steroid dienone is 6. The number of rotatable bonds is 6. The molecule has 0 saturated heterocycles. The molecule has 0 radical (unpaired) electrons. The summed E-state index contributed by atoms with van der Waals surface area (Å²) in [6.45, 7) is 31.3. The summed E-state index contributed by atoms with van der Waals surface area (Å²) in [7, 11) is 0. The van der Waals surface area contributed by atoms with Crippen molar-refractivity contribution in [1.82, 2.24) is 4.98 Å². The zero-order valence-electron chi connectivity index (χ0n) is 33.4. The average Bonchev–Trinajstić information content (AvgIpc) is 3.80. The van der Waals surface area contributed by atoms with E-state index in [0.29, 0.717) is 0 Å². The summed E-state index contributed by atoms with van der Waals surface area (Å²) < 4.78 is 0. The van der Waals surface area contributed by atoms with Gasteiger partial charge in [0.2, 0.25) is 0 Å². The Labute approximate surface area is 330 Å². The van der Waals surface area contributed by atoms with Gasteiger partial charge in [-0.05, 0) is 130 Å². The summed E-state index contributed by atoms with van der Waals surface area (Å²) in [5.74, 6) is 0. The van der Waals surface area contributed by atoms with E-state index in [1.807, 2.05) is 44.2 Å². The van der Waals surface area contributed by atoms with Gasteiger partial charge in [0, 0.05) is 21.8 Å². The summed E-state index contributed by atoms with van der Waals surface area (Å²) in [6.07, 6.45) is 8.13. The first-order chi connectivity index (χ1) is 26.8. The third-order valence-corrected chi connectivity index (χ3v) is 9.62. The molecular formula is C54H55N. The number of aromatic nitrogens is 1. The van der Waals surface area contributed by atoms with Crippen molar-refractivity contribution in [1.29, 1.82) is 0 Å². The summed E-state index contributed by atoms with van der Waals surface area (Å²) in [5.41, 5.74) is 18.8. The number of H-pyrrole nitrogens is 1. The Morgan fingerprint density at radius 1 is 0.491 bits per heavy atom. The molecule has 1 heterocycles. The Bertz CT molecular complexity index is 2440. The van der Waals surface area contributed by atoms with Crippen molar-refractivity contribution in [2.45, 2.75) is 41.0 Å². The fourth-order valence-electron chi connectivity index (χ4n) is 6.82. The molecule has 1 heteroatoms. The summed E-state index contributed by atoms with van der Waals surface area (Å²) in [6, 6.07) is 46.1. The Balaban J connectivity index is 0.000000384. The van der Waals surface area contributed by atoms with Gasteiger partial charge in [-0.3, -0.25) is 0 Å². The summed E-state index contributed by atoms with van der Waals surface area (Å²) >= 11 is 0. The molecule has 0 fully saturated rings. The van der Waals surface area contributed by atoms with Gasteiger partial charge in [-0.15, -0.1) is 13.2 Å². The topological polar surface area (TPSA) is 15.8 Å². The highest BCUT2D eigenvalue weighted by atomic mass is 14.7. The minimum absolute atomic E-state index is 0.926. The van der Waals surface area contributed by atoms with Gasteiger partial charge in [0.15, 0.2) is 0 Å². The number of benzene rings is 6. The molecule has 7 aromatic rings. The van der Waals surface area contributed by atoms with Crippen molar-refractivity contribution >= 4 is 27.4 Å². The lowest BCUT2D eigenvalue weighted by Gasteiger charge is -2.12. The van der Waals surface area contributed by atoms with Crippen LogP contribution in [0.15, 0.2) is 197 Å². The van der Waals surface area contributed by atoms with E-state index in [1.165, 1.54) is 83.1 Å². The largest absolute Gasteiger partial charge is 0.355 e. The van der Waals surface area contributed by atoms with Crippen LogP contribution in [-0.2, 0) is 6.42 Å². The van der Waals surface area contributed by atoms with Crippen LogP contribution in [0.4, 0.5) is 0 Å². The van der Waals surface area contributed by atoms with Crippen LogP contribution >= 0.6 is 0 Å². The molecule has 8 rings (SSSR count). The highest BCUT2D eigenvalue weighted by Crippen LogP contribution is 2.39. The second-order valence-electron chi connectivity index (χ2n) is 13.0. The molecule has 0 unspecified atom stereocenters.